The van der Waals surface area contributed by atoms with Gasteiger partial charge in [0.15, 0.2) is 0 Å². The molecule has 0 spiro atoms. The van der Waals surface area contributed by atoms with Gasteiger partial charge in [0.25, 0.3) is 5.91 Å². The van der Waals surface area contributed by atoms with Crippen molar-refractivity contribution in [2.24, 2.45) is 5.73 Å². The highest BCUT2D eigenvalue weighted by Gasteiger charge is 2.23. The quantitative estimate of drug-likeness (QED) is 0.270. The second-order valence-corrected chi connectivity index (χ2v) is 7.06. The molecule has 2 rings (SSSR count). The number of primary amides is 1. The van der Waals surface area contributed by atoms with E-state index in [1.54, 1.807) is 50.2 Å². The van der Waals surface area contributed by atoms with Crippen LogP contribution in [0.15, 0.2) is 59.6 Å². The number of carbonyl (C=O) groups excluding carboxylic acids is 2. The molecule has 0 heterocycles. The lowest BCUT2D eigenvalue weighted by atomic mass is 10.1. The molecular weight excluding hydrogens is 409 g/mol. The predicted octanol–water partition coefficient (Wildman–Crippen LogP) is 4.61. The monoisotopic (exact) mass is 441 g/mol. The van der Waals surface area contributed by atoms with Crippen molar-refractivity contribution in [3.8, 4) is 5.75 Å². The maximum absolute atomic E-state index is 14.4. The number of halogens is 1. The number of nitrogens with two attached hydrogens (primary N) is 1. The van der Waals surface area contributed by atoms with Gasteiger partial charge in [0.05, 0.1) is 5.69 Å². The van der Waals surface area contributed by atoms with E-state index in [1.807, 2.05) is 33.8 Å². The molecule has 0 unspecified atom stereocenters. The fourth-order valence-corrected chi connectivity index (χ4v) is 2.79. The molecular formula is C25H32FN3O3. The summed E-state index contributed by atoms with van der Waals surface area (Å²) in [6, 6.07) is 10.1. The lowest BCUT2D eigenvalue weighted by molar-refractivity contribution is -0.114. The minimum Gasteiger partial charge on any atom is -0.456 e. The van der Waals surface area contributed by atoms with Crippen LogP contribution in [0.3, 0.4) is 0 Å². The molecule has 1 amide bonds. The van der Waals surface area contributed by atoms with Crippen LogP contribution >= 0.6 is 0 Å². The fourth-order valence-electron chi connectivity index (χ4n) is 2.79. The highest BCUT2D eigenvalue weighted by Crippen LogP contribution is 2.27. The Kier molecular flexibility index (Phi) is 10.2. The van der Waals surface area contributed by atoms with E-state index in [9.17, 15) is 14.0 Å². The lowest BCUT2D eigenvalue weighted by Gasteiger charge is -2.24. The first-order valence-electron chi connectivity index (χ1n) is 10.3. The summed E-state index contributed by atoms with van der Waals surface area (Å²) < 4.78 is 20.3. The van der Waals surface area contributed by atoms with E-state index >= 15 is 0 Å². The molecule has 0 saturated carbocycles. The molecule has 0 aliphatic heterocycles. The second kappa shape index (κ2) is 12.3. The summed E-state index contributed by atoms with van der Waals surface area (Å²) in [6.07, 6.45) is 1.61. The first-order chi connectivity index (χ1) is 15.1. The molecule has 172 valence electrons. The summed E-state index contributed by atoms with van der Waals surface area (Å²) >= 11 is 0. The molecule has 0 atom stereocenters. The molecule has 32 heavy (non-hydrogen) atoms. The number of ether oxygens (including phenoxy) is 1. The van der Waals surface area contributed by atoms with E-state index < -0.39 is 11.7 Å². The van der Waals surface area contributed by atoms with Crippen molar-refractivity contribution >= 4 is 17.9 Å². The van der Waals surface area contributed by atoms with E-state index in [4.69, 9.17) is 10.5 Å². The highest BCUT2D eigenvalue weighted by atomic mass is 19.1. The van der Waals surface area contributed by atoms with E-state index in [-0.39, 0.29) is 22.8 Å². The highest BCUT2D eigenvalue weighted by molar-refractivity contribution is 5.98. The number of aryl methyl sites for hydroxylation is 2. The second-order valence-electron chi connectivity index (χ2n) is 7.06. The summed E-state index contributed by atoms with van der Waals surface area (Å²) in [4.78, 5) is 25.3. The third-order valence-corrected chi connectivity index (χ3v) is 4.55. The van der Waals surface area contributed by atoms with E-state index in [2.05, 4.69) is 5.32 Å². The van der Waals surface area contributed by atoms with Crippen molar-refractivity contribution < 1.29 is 18.7 Å². The first kappa shape index (κ1) is 26.4. The van der Waals surface area contributed by atoms with E-state index in [0.29, 0.717) is 12.0 Å². The van der Waals surface area contributed by atoms with Gasteiger partial charge in [0.1, 0.15) is 35.0 Å². The number of rotatable bonds is 8. The molecule has 0 radical (unpaired) electrons. The number of allylic oxidation sites excluding steroid dienone is 1. The smallest absolute Gasteiger partial charge is 0.256 e. The van der Waals surface area contributed by atoms with Gasteiger partial charge in [-0.1, -0.05) is 32.0 Å². The minimum atomic E-state index is -0.836. The predicted molar refractivity (Wildman–Crippen MR) is 127 cm³/mol. The summed E-state index contributed by atoms with van der Waals surface area (Å²) in [5.41, 5.74) is 8.30. The molecule has 6 nitrogen and oxygen atoms in total. The largest absolute Gasteiger partial charge is 0.456 e. The Morgan fingerprint density at radius 3 is 2.31 bits per heavy atom. The zero-order chi connectivity index (χ0) is 24.4. The SMILES string of the molecule is CC.Cc1ccc(N/C(=C(C(N)=O)/C(=C\C=O)Oc2cccc(C)c2C)N(C)C)c(F)c1. The van der Waals surface area contributed by atoms with Gasteiger partial charge < -0.3 is 20.7 Å². The van der Waals surface area contributed by atoms with Crippen molar-refractivity contribution in [3.05, 3.63) is 82.1 Å². The summed E-state index contributed by atoms with van der Waals surface area (Å²) in [7, 11) is 3.32. The average Bonchev–Trinajstić information content (AvgIpc) is 2.73. The molecule has 7 heteroatoms. The first-order valence-corrected chi connectivity index (χ1v) is 10.3. The summed E-state index contributed by atoms with van der Waals surface area (Å²) in [5.74, 6) is -0.716. The molecule has 2 aromatic rings. The number of aldehydes is 1. The van der Waals surface area contributed by atoms with Gasteiger partial charge in [-0.2, -0.15) is 0 Å². The van der Waals surface area contributed by atoms with Gasteiger partial charge in [-0.25, -0.2) is 4.39 Å². The zero-order valence-corrected chi connectivity index (χ0v) is 19.7. The van der Waals surface area contributed by atoms with Crippen LogP contribution in [0.4, 0.5) is 10.1 Å². The number of hydrogen-bond acceptors (Lipinski definition) is 5. The minimum absolute atomic E-state index is 0.0464. The Morgan fingerprint density at radius 2 is 1.78 bits per heavy atom. The summed E-state index contributed by atoms with van der Waals surface area (Å²) in [5, 5.41) is 2.90. The van der Waals surface area contributed by atoms with Crippen LogP contribution in [0.1, 0.15) is 30.5 Å². The standard InChI is InChI=1S/C23H26FN3O3.C2H6/c1-14-9-10-18(17(24)13-14)26-23(27(4)5)21(22(25)29)20(11-12-28)30-19-8-6-7-15(2)16(19)3;1-2/h6-13,26H,1-5H3,(H2,25,29);1-2H3/b20-11+,23-21+;. The van der Waals surface area contributed by atoms with Crippen LogP contribution in [0.5, 0.6) is 5.75 Å². The van der Waals surface area contributed by atoms with Gasteiger partial charge >= 0.3 is 0 Å². The molecule has 3 N–H and O–H groups in total. The normalized spacial score (nSPS) is 11.6. The van der Waals surface area contributed by atoms with Crippen LogP contribution in [0, 0.1) is 26.6 Å². The van der Waals surface area contributed by atoms with Crippen molar-refractivity contribution in [3.63, 3.8) is 0 Å². The topological polar surface area (TPSA) is 84.7 Å². The van der Waals surface area contributed by atoms with E-state index in [0.717, 1.165) is 22.8 Å². The molecule has 0 bridgehead atoms. The number of anilines is 1. The average molecular weight is 442 g/mol. The number of benzene rings is 2. The van der Waals surface area contributed by atoms with E-state index in [1.165, 1.54) is 6.07 Å². The number of amides is 1. The Bertz CT molecular complexity index is 1030. The van der Waals surface area contributed by atoms with Crippen LogP contribution in [-0.2, 0) is 9.59 Å². The summed E-state index contributed by atoms with van der Waals surface area (Å²) in [6.45, 7) is 9.56. The third-order valence-electron chi connectivity index (χ3n) is 4.55. The molecule has 0 fully saturated rings. The molecule has 0 aliphatic rings. The van der Waals surface area contributed by atoms with Crippen LogP contribution < -0.4 is 15.8 Å². The Hall–Kier alpha value is -3.61. The number of nitrogens with zero attached hydrogens (tertiary/aromatic N) is 1. The number of hydrogen-bond donors (Lipinski definition) is 2. The van der Waals surface area contributed by atoms with Crippen molar-refractivity contribution in [1.29, 1.82) is 0 Å². The van der Waals surface area contributed by atoms with Gasteiger partial charge in [-0.3, -0.25) is 9.59 Å². The molecule has 0 aliphatic carbocycles. The Labute approximate surface area is 189 Å². The number of carbonyl (C=O) groups is 2. The van der Waals surface area contributed by atoms with Gasteiger partial charge in [-0.15, -0.1) is 0 Å². The third kappa shape index (κ3) is 6.70. The molecule has 0 aromatic heterocycles. The van der Waals surface area contributed by atoms with Crippen molar-refractivity contribution in [1.82, 2.24) is 4.90 Å². The van der Waals surface area contributed by atoms with Crippen LogP contribution in [0.25, 0.3) is 0 Å². The number of nitrogens with one attached hydrogen (secondary N) is 1. The van der Waals surface area contributed by atoms with Gasteiger partial charge in [0, 0.05) is 20.2 Å². The van der Waals surface area contributed by atoms with Crippen LogP contribution in [-0.4, -0.2) is 31.2 Å². The van der Waals surface area contributed by atoms with Crippen molar-refractivity contribution in [2.45, 2.75) is 34.6 Å². The van der Waals surface area contributed by atoms with Crippen LogP contribution in [0.2, 0.25) is 0 Å². The molecule has 2 aromatic carbocycles. The Balaban J connectivity index is 0.00000249. The molecule has 0 saturated heterocycles. The lowest BCUT2D eigenvalue weighted by Crippen LogP contribution is -2.29. The zero-order valence-electron chi connectivity index (χ0n) is 19.7. The van der Waals surface area contributed by atoms with Crippen molar-refractivity contribution in [2.75, 3.05) is 19.4 Å². The Morgan fingerprint density at radius 1 is 1.12 bits per heavy atom. The van der Waals surface area contributed by atoms with Gasteiger partial charge in [0.2, 0.25) is 0 Å². The maximum atomic E-state index is 14.4. The van der Waals surface area contributed by atoms with Gasteiger partial charge in [-0.05, 0) is 55.7 Å². The maximum Gasteiger partial charge on any atom is 0.256 e. The fraction of sp³-hybridized carbons (Fsp3) is 0.280.